The molecule has 2 aromatic heterocycles. The summed E-state index contributed by atoms with van der Waals surface area (Å²) in [7, 11) is 0. The molecule has 0 radical (unpaired) electrons. The van der Waals surface area contributed by atoms with Gasteiger partial charge in [-0.25, -0.2) is 0 Å². The zero-order valence-electron chi connectivity index (χ0n) is 9.32. The van der Waals surface area contributed by atoms with E-state index in [1.54, 1.807) is 12.4 Å². The zero-order valence-corrected chi connectivity index (χ0v) is 13.3. The number of halogens is 2. The SMILES string of the molecule is O=C(NCCc1ccncc1)c1cc(Br)sc1Br. The molecule has 0 unspecified atom stereocenters. The third kappa shape index (κ3) is 3.63. The van der Waals surface area contributed by atoms with Crippen molar-refractivity contribution in [2.45, 2.75) is 6.42 Å². The van der Waals surface area contributed by atoms with Gasteiger partial charge in [-0.3, -0.25) is 9.78 Å². The number of thiophene rings is 1. The molecule has 2 aromatic rings. The van der Waals surface area contributed by atoms with Gasteiger partial charge in [0.15, 0.2) is 0 Å². The van der Waals surface area contributed by atoms with Crippen LogP contribution >= 0.6 is 43.2 Å². The van der Waals surface area contributed by atoms with Crippen molar-refractivity contribution in [2.75, 3.05) is 6.54 Å². The Labute approximate surface area is 126 Å². The molecule has 0 aliphatic heterocycles. The molecule has 3 nitrogen and oxygen atoms in total. The number of hydrogen-bond acceptors (Lipinski definition) is 3. The second kappa shape index (κ2) is 6.45. The number of amides is 1. The first-order valence-electron chi connectivity index (χ1n) is 5.29. The van der Waals surface area contributed by atoms with Gasteiger partial charge < -0.3 is 5.32 Å². The number of rotatable bonds is 4. The molecule has 94 valence electrons. The Hall–Kier alpha value is -0.720. The lowest BCUT2D eigenvalue weighted by Gasteiger charge is -2.04. The fourth-order valence-electron chi connectivity index (χ4n) is 1.46. The molecule has 0 spiro atoms. The largest absolute Gasteiger partial charge is 0.352 e. The maximum atomic E-state index is 11.9. The maximum absolute atomic E-state index is 11.9. The molecule has 0 fully saturated rings. The van der Waals surface area contributed by atoms with E-state index in [4.69, 9.17) is 0 Å². The number of carbonyl (C=O) groups is 1. The number of carbonyl (C=O) groups excluding carboxylic acids is 1. The number of nitrogens with zero attached hydrogens (tertiary/aromatic N) is 1. The van der Waals surface area contributed by atoms with Crippen LogP contribution in [0.1, 0.15) is 15.9 Å². The van der Waals surface area contributed by atoms with Crippen molar-refractivity contribution in [3.63, 3.8) is 0 Å². The summed E-state index contributed by atoms with van der Waals surface area (Å²) in [6.45, 7) is 0.614. The summed E-state index contributed by atoms with van der Waals surface area (Å²) < 4.78 is 1.78. The van der Waals surface area contributed by atoms with Gasteiger partial charge in [0.05, 0.1) is 13.1 Å². The molecule has 6 heteroatoms. The van der Waals surface area contributed by atoms with Gasteiger partial charge in [-0.2, -0.15) is 0 Å². The second-order valence-electron chi connectivity index (χ2n) is 3.60. The quantitative estimate of drug-likeness (QED) is 0.867. The number of nitrogens with one attached hydrogen (secondary N) is 1. The number of pyridine rings is 1. The van der Waals surface area contributed by atoms with Crippen LogP contribution < -0.4 is 5.32 Å². The van der Waals surface area contributed by atoms with Gasteiger partial charge in [0.2, 0.25) is 0 Å². The number of hydrogen-bond donors (Lipinski definition) is 1. The van der Waals surface area contributed by atoms with Crippen LogP contribution in [0.3, 0.4) is 0 Å². The molecule has 2 heterocycles. The van der Waals surface area contributed by atoms with Gasteiger partial charge >= 0.3 is 0 Å². The third-order valence-electron chi connectivity index (χ3n) is 2.35. The van der Waals surface area contributed by atoms with Gasteiger partial charge in [0.1, 0.15) is 0 Å². The molecule has 0 aromatic carbocycles. The fourth-order valence-corrected chi connectivity index (χ4v) is 4.25. The first-order chi connectivity index (χ1) is 8.66. The summed E-state index contributed by atoms with van der Waals surface area (Å²) in [5.41, 5.74) is 1.83. The highest BCUT2D eigenvalue weighted by Crippen LogP contribution is 2.31. The summed E-state index contributed by atoms with van der Waals surface area (Å²) in [5.74, 6) is -0.0575. The van der Waals surface area contributed by atoms with Gasteiger partial charge in [0.25, 0.3) is 5.91 Å². The zero-order chi connectivity index (χ0) is 13.0. The average Bonchev–Trinajstić information content (AvgIpc) is 2.70. The Morgan fingerprint density at radius 2 is 2.06 bits per heavy atom. The highest BCUT2D eigenvalue weighted by atomic mass is 79.9. The normalized spacial score (nSPS) is 10.3. The van der Waals surface area contributed by atoms with Crippen LogP contribution in [-0.4, -0.2) is 17.4 Å². The van der Waals surface area contributed by atoms with Crippen molar-refractivity contribution in [3.05, 3.63) is 49.3 Å². The summed E-state index contributed by atoms with van der Waals surface area (Å²) >= 11 is 8.22. The predicted molar refractivity (Wildman–Crippen MR) is 80.0 cm³/mol. The van der Waals surface area contributed by atoms with Gasteiger partial charge in [-0.1, -0.05) is 0 Å². The summed E-state index contributed by atoms with van der Waals surface area (Å²) in [4.78, 5) is 15.9. The maximum Gasteiger partial charge on any atom is 0.253 e. The van der Waals surface area contributed by atoms with E-state index in [2.05, 4.69) is 42.2 Å². The second-order valence-corrected chi connectivity index (χ2v) is 7.35. The van der Waals surface area contributed by atoms with Crippen molar-refractivity contribution in [2.24, 2.45) is 0 Å². The Morgan fingerprint density at radius 3 is 2.67 bits per heavy atom. The van der Waals surface area contributed by atoms with Gasteiger partial charge in [0, 0.05) is 18.9 Å². The molecule has 0 bridgehead atoms. The van der Waals surface area contributed by atoms with Crippen LogP contribution in [-0.2, 0) is 6.42 Å². The molecule has 0 aliphatic rings. The van der Waals surface area contributed by atoms with E-state index in [0.717, 1.165) is 19.6 Å². The smallest absolute Gasteiger partial charge is 0.253 e. The van der Waals surface area contributed by atoms with Crippen molar-refractivity contribution in [1.82, 2.24) is 10.3 Å². The standard InChI is InChI=1S/C12H10Br2N2OS/c13-10-7-9(11(14)18-10)12(17)16-6-3-8-1-4-15-5-2-8/h1-2,4-5,7H,3,6H2,(H,16,17). The van der Waals surface area contributed by atoms with Crippen LogP contribution in [0.4, 0.5) is 0 Å². The van der Waals surface area contributed by atoms with E-state index in [1.807, 2.05) is 18.2 Å². The minimum Gasteiger partial charge on any atom is -0.352 e. The monoisotopic (exact) mass is 388 g/mol. The summed E-state index contributed by atoms with van der Waals surface area (Å²) in [6, 6.07) is 5.71. The van der Waals surface area contributed by atoms with Crippen LogP contribution in [0.5, 0.6) is 0 Å². The molecular weight excluding hydrogens is 380 g/mol. The third-order valence-corrected chi connectivity index (χ3v) is 4.69. The van der Waals surface area contributed by atoms with Crippen molar-refractivity contribution in [1.29, 1.82) is 0 Å². The first-order valence-corrected chi connectivity index (χ1v) is 7.69. The fraction of sp³-hybridized carbons (Fsp3) is 0.167. The lowest BCUT2D eigenvalue weighted by molar-refractivity contribution is 0.0954. The van der Waals surface area contributed by atoms with E-state index in [1.165, 1.54) is 11.3 Å². The van der Waals surface area contributed by atoms with Crippen LogP contribution in [0, 0.1) is 0 Å². The highest BCUT2D eigenvalue weighted by molar-refractivity contribution is 9.12. The topological polar surface area (TPSA) is 42.0 Å². The Kier molecular flexibility index (Phi) is 4.91. The summed E-state index contributed by atoms with van der Waals surface area (Å²) in [5, 5.41) is 2.90. The van der Waals surface area contributed by atoms with Crippen LogP contribution in [0.2, 0.25) is 0 Å². The molecule has 1 N–H and O–H groups in total. The average molecular weight is 390 g/mol. The first kappa shape index (κ1) is 13.7. The minimum atomic E-state index is -0.0575. The highest BCUT2D eigenvalue weighted by Gasteiger charge is 2.12. The molecular formula is C12H10Br2N2OS. The molecule has 1 amide bonds. The molecule has 18 heavy (non-hydrogen) atoms. The van der Waals surface area contributed by atoms with Crippen molar-refractivity contribution < 1.29 is 4.79 Å². The van der Waals surface area contributed by atoms with E-state index < -0.39 is 0 Å². The van der Waals surface area contributed by atoms with E-state index >= 15 is 0 Å². The Morgan fingerprint density at radius 1 is 1.33 bits per heavy atom. The Bertz CT molecular complexity index is 542. The van der Waals surface area contributed by atoms with E-state index in [0.29, 0.717) is 12.1 Å². The predicted octanol–water partition coefficient (Wildman–Crippen LogP) is 3.64. The van der Waals surface area contributed by atoms with Crippen molar-refractivity contribution >= 4 is 49.1 Å². The van der Waals surface area contributed by atoms with Gasteiger partial charge in [-0.05, 0) is 62.0 Å². The lowest BCUT2D eigenvalue weighted by Crippen LogP contribution is -2.25. The molecule has 0 saturated carbocycles. The Balaban J connectivity index is 1.87. The molecule has 0 aliphatic carbocycles. The minimum absolute atomic E-state index is 0.0575. The van der Waals surface area contributed by atoms with E-state index in [9.17, 15) is 4.79 Å². The molecule has 2 rings (SSSR count). The summed E-state index contributed by atoms with van der Waals surface area (Å²) in [6.07, 6.45) is 4.31. The molecule has 0 atom stereocenters. The lowest BCUT2D eigenvalue weighted by atomic mass is 10.2. The van der Waals surface area contributed by atoms with Crippen LogP contribution in [0.25, 0.3) is 0 Å². The van der Waals surface area contributed by atoms with E-state index in [-0.39, 0.29) is 5.91 Å². The van der Waals surface area contributed by atoms with Gasteiger partial charge in [-0.15, -0.1) is 11.3 Å². The number of aromatic nitrogens is 1. The van der Waals surface area contributed by atoms with Crippen LogP contribution in [0.15, 0.2) is 38.2 Å². The molecule has 0 saturated heterocycles. The van der Waals surface area contributed by atoms with Crippen molar-refractivity contribution in [3.8, 4) is 0 Å².